The number of carbonyl (C=O) groups excluding carboxylic acids is 1. The molecule has 0 bridgehead atoms. The summed E-state index contributed by atoms with van der Waals surface area (Å²) in [5.74, 6) is 0.236. The maximum absolute atomic E-state index is 12.5. The Morgan fingerprint density at radius 2 is 1.50 bits per heavy atom. The molecule has 0 spiro atoms. The van der Waals surface area contributed by atoms with Crippen molar-refractivity contribution < 1.29 is 4.79 Å². The maximum atomic E-state index is 12.5. The summed E-state index contributed by atoms with van der Waals surface area (Å²) in [6.45, 7) is 2.55. The molecule has 1 unspecified atom stereocenters. The van der Waals surface area contributed by atoms with Gasteiger partial charge in [0.15, 0.2) is 0 Å². The monoisotopic (exact) mass is 425 g/mol. The molecule has 6 nitrogen and oxygen atoms in total. The topological polar surface area (TPSA) is 71.8 Å². The van der Waals surface area contributed by atoms with Crippen molar-refractivity contribution in [3.8, 4) is 5.69 Å². The number of carbonyl (C=O) groups is 1. The fourth-order valence-electron chi connectivity index (χ4n) is 3.81. The summed E-state index contributed by atoms with van der Waals surface area (Å²) in [4.78, 5) is 16.5. The average molecular weight is 426 g/mol. The minimum absolute atomic E-state index is 0.112. The van der Waals surface area contributed by atoms with E-state index in [2.05, 4.69) is 69.2 Å². The number of benzene rings is 3. The zero-order valence-electron chi connectivity index (χ0n) is 18.1. The quantitative estimate of drug-likeness (QED) is 0.424. The minimum Gasteiger partial charge on any atom is -0.338 e. The van der Waals surface area contributed by atoms with E-state index in [0.29, 0.717) is 6.54 Å². The Morgan fingerprint density at radius 1 is 0.875 bits per heavy atom. The lowest BCUT2D eigenvalue weighted by molar-refractivity contribution is 0.237. The van der Waals surface area contributed by atoms with E-state index >= 15 is 0 Å². The summed E-state index contributed by atoms with van der Waals surface area (Å²) in [5, 5.41) is 10.2. The van der Waals surface area contributed by atoms with Gasteiger partial charge in [0.25, 0.3) is 0 Å². The van der Waals surface area contributed by atoms with Crippen LogP contribution in [0.15, 0.2) is 97.6 Å². The Morgan fingerprint density at radius 3 is 2.06 bits per heavy atom. The lowest BCUT2D eigenvalue weighted by Gasteiger charge is -2.19. The van der Waals surface area contributed by atoms with Gasteiger partial charge in [-0.15, -0.1) is 0 Å². The predicted octanol–water partition coefficient (Wildman–Crippen LogP) is 4.85. The van der Waals surface area contributed by atoms with Crippen LogP contribution in [-0.2, 0) is 0 Å². The van der Waals surface area contributed by atoms with Gasteiger partial charge in [-0.2, -0.15) is 5.10 Å². The van der Waals surface area contributed by atoms with Crippen LogP contribution in [0.2, 0.25) is 0 Å². The van der Waals surface area contributed by atoms with E-state index in [-0.39, 0.29) is 18.0 Å². The fraction of sp³-hybridized carbons (Fsp3) is 0.192. The van der Waals surface area contributed by atoms with Gasteiger partial charge in [-0.05, 0) is 42.2 Å². The van der Waals surface area contributed by atoms with Crippen LogP contribution in [-0.4, -0.2) is 27.3 Å². The molecule has 0 saturated carbocycles. The first-order valence-electron chi connectivity index (χ1n) is 10.8. The molecule has 0 radical (unpaired) electrons. The Bertz CT molecular complexity index is 1060. The van der Waals surface area contributed by atoms with Gasteiger partial charge in [0.2, 0.25) is 0 Å². The number of nitrogens with one attached hydrogen (secondary N) is 2. The highest BCUT2D eigenvalue weighted by Crippen LogP contribution is 2.27. The van der Waals surface area contributed by atoms with E-state index in [1.165, 1.54) is 17.5 Å². The molecule has 2 amide bonds. The summed E-state index contributed by atoms with van der Waals surface area (Å²) < 4.78 is 1.70. The van der Waals surface area contributed by atoms with E-state index in [0.717, 1.165) is 17.7 Å². The van der Waals surface area contributed by atoms with Crippen LogP contribution in [0.4, 0.5) is 4.79 Å². The van der Waals surface area contributed by atoms with Gasteiger partial charge in [-0.25, -0.2) is 14.5 Å². The minimum atomic E-state index is -0.169. The van der Waals surface area contributed by atoms with Crippen molar-refractivity contribution in [1.29, 1.82) is 0 Å². The van der Waals surface area contributed by atoms with Gasteiger partial charge in [0.05, 0.1) is 11.7 Å². The maximum Gasteiger partial charge on any atom is 0.315 e. The summed E-state index contributed by atoms with van der Waals surface area (Å²) >= 11 is 0. The van der Waals surface area contributed by atoms with E-state index in [4.69, 9.17) is 0 Å². The molecular formula is C26H27N5O. The van der Waals surface area contributed by atoms with Crippen LogP contribution < -0.4 is 10.6 Å². The molecule has 2 N–H and O–H groups in total. The van der Waals surface area contributed by atoms with Gasteiger partial charge in [-0.1, -0.05) is 72.8 Å². The zero-order valence-corrected chi connectivity index (χ0v) is 18.1. The number of hydrogen-bond acceptors (Lipinski definition) is 3. The molecule has 1 heterocycles. The number of nitrogens with zero attached hydrogens (tertiary/aromatic N) is 3. The van der Waals surface area contributed by atoms with Crippen molar-refractivity contribution in [2.75, 3.05) is 6.54 Å². The van der Waals surface area contributed by atoms with E-state index in [1.807, 2.05) is 43.3 Å². The second-order valence-corrected chi connectivity index (χ2v) is 7.72. The van der Waals surface area contributed by atoms with E-state index in [9.17, 15) is 4.79 Å². The lowest BCUT2D eigenvalue weighted by Crippen LogP contribution is -2.37. The standard InChI is InChI=1S/C26H27N5O/c1-20(21-12-14-24(15-13-21)31-19-27-18-29-31)30-26(32)28-17-16-25(22-8-4-2-5-9-22)23-10-6-3-7-11-23/h2-15,18-20,25H,16-17H2,1H3,(H2,28,30,32). The molecule has 4 aromatic rings. The predicted molar refractivity (Wildman–Crippen MR) is 126 cm³/mol. The highest BCUT2D eigenvalue weighted by molar-refractivity contribution is 5.74. The molecule has 1 atom stereocenters. The van der Waals surface area contributed by atoms with E-state index in [1.54, 1.807) is 11.0 Å². The van der Waals surface area contributed by atoms with Crippen LogP contribution in [0.5, 0.6) is 0 Å². The smallest absolute Gasteiger partial charge is 0.315 e. The molecule has 6 heteroatoms. The Labute approximate surface area is 188 Å². The van der Waals surface area contributed by atoms with Gasteiger partial charge in [0, 0.05) is 12.5 Å². The fourth-order valence-corrected chi connectivity index (χ4v) is 3.81. The summed E-state index contributed by atoms with van der Waals surface area (Å²) in [7, 11) is 0. The third-order valence-electron chi connectivity index (χ3n) is 5.55. The summed E-state index contributed by atoms with van der Waals surface area (Å²) in [6, 6.07) is 28.5. The van der Waals surface area contributed by atoms with Gasteiger partial charge >= 0.3 is 6.03 Å². The second-order valence-electron chi connectivity index (χ2n) is 7.72. The molecule has 0 aliphatic heterocycles. The summed E-state index contributed by atoms with van der Waals surface area (Å²) in [5.41, 5.74) is 4.45. The zero-order chi connectivity index (χ0) is 22.2. The van der Waals surface area contributed by atoms with Crippen molar-refractivity contribution >= 4 is 6.03 Å². The summed E-state index contributed by atoms with van der Waals surface area (Å²) in [6.07, 6.45) is 3.98. The number of rotatable bonds is 8. The molecular weight excluding hydrogens is 398 g/mol. The Hall–Kier alpha value is -3.93. The molecule has 4 rings (SSSR count). The van der Waals surface area contributed by atoms with Crippen molar-refractivity contribution in [3.63, 3.8) is 0 Å². The average Bonchev–Trinajstić information content (AvgIpc) is 3.38. The van der Waals surface area contributed by atoms with Gasteiger partial charge in [0.1, 0.15) is 12.7 Å². The van der Waals surface area contributed by atoms with Crippen molar-refractivity contribution in [3.05, 3.63) is 114 Å². The number of urea groups is 1. The van der Waals surface area contributed by atoms with Crippen LogP contribution in [0.3, 0.4) is 0 Å². The van der Waals surface area contributed by atoms with Crippen molar-refractivity contribution in [1.82, 2.24) is 25.4 Å². The van der Waals surface area contributed by atoms with Crippen LogP contribution in [0, 0.1) is 0 Å². The third-order valence-corrected chi connectivity index (χ3v) is 5.55. The molecule has 32 heavy (non-hydrogen) atoms. The molecule has 0 aliphatic rings. The van der Waals surface area contributed by atoms with Crippen molar-refractivity contribution in [2.45, 2.75) is 25.3 Å². The highest BCUT2D eigenvalue weighted by atomic mass is 16.2. The molecule has 1 aromatic heterocycles. The highest BCUT2D eigenvalue weighted by Gasteiger charge is 2.15. The Kier molecular flexibility index (Phi) is 6.92. The number of amides is 2. The van der Waals surface area contributed by atoms with Gasteiger partial charge in [-0.3, -0.25) is 0 Å². The third kappa shape index (κ3) is 5.40. The number of aromatic nitrogens is 3. The first-order valence-corrected chi connectivity index (χ1v) is 10.8. The normalized spacial score (nSPS) is 11.8. The molecule has 0 fully saturated rings. The first-order chi connectivity index (χ1) is 15.7. The Balaban J connectivity index is 1.31. The van der Waals surface area contributed by atoms with E-state index < -0.39 is 0 Å². The molecule has 3 aromatic carbocycles. The van der Waals surface area contributed by atoms with Crippen LogP contribution >= 0.6 is 0 Å². The molecule has 162 valence electrons. The second kappa shape index (κ2) is 10.4. The van der Waals surface area contributed by atoms with Crippen LogP contribution in [0.25, 0.3) is 5.69 Å². The van der Waals surface area contributed by atoms with Crippen molar-refractivity contribution in [2.24, 2.45) is 0 Å². The molecule has 0 saturated heterocycles. The largest absolute Gasteiger partial charge is 0.338 e. The SMILES string of the molecule is CC(NC(=O)NCCC(c1ccccc1)c1ccccc1)c1ccc(-n2cncn2)cc1. The lowest BCUT2D eigenvalue weighted by atomic mass is 9.88. The first kappa shape index (κ1) is 21.3. The van der Waals surface area contributed by atoms with Gasteiger partial charge < -0.3 is 10.6 Å². The molecule has 0 aliphatic carbocycles. The van der Waals surface area contributed by atoms with Crippen LogP contribution in [0.1, 0.15) is 42.0 Å². The number of hydrogen-bond donors (Lipinski definition) is 2.